The highest BCUT2D eigenvalue weighted by Crippen LogP contribution is 2.33. The van der Waals surface area contributed by atoms with Crippen molar-refractivity contribution in [3.8, 4) is 0 Å². The third kappa shape index (κ3) is 3.72. The average molecular weight is 370 g/mol. The summed E-state index contributed by atoms with van der Waals surface area (Å²) in [7, 11) is 0. The lowest BCUT2D eigenvalue weighted by Crippen LogP contribution is -2.47. The molecule has 0 N–H and O–H groups in total. The van der Waals surface area contributed by atoms with E-state index in [1.165, 1.54) is 23.2 Å². The summed E-state index contributed by atoms with van der Waals surface area (Å²) in [4.78, 5) is 28.9. The van der Waals surface area contributed by atoms with Crippen LogP contribution in [0.4, 0.5) is 10.1 Å². The lowest BCUT2D eigenvalue weighted by atomic mass is 9.94. The number of benzene rings is 1. The fourth-order valence-electron chi connectivity index (χ4n) is 3.80. The molecule has 1 atom stereocenters. The predicted molar refractivity (Wildman–Crippen MR) is 100 cm³/mol. The second-order valence-electron chi connectivity index (χ2n) is 7.20. The molecule has 2 fully saturated rings. The molecule has 2 aliphatic rings. The maximum atomic E-state index is 13.1. The Kier molecular flexibility index (Phi) is 4.92. The number of nitrogens with zero attached hydrogens (tertiary/aromatic N) is 4. The smallest absolute Gasteiger partial charge is 0.269 e. The van der Waals surface area contributed by atoms with Gasteiger partial charge in [0.25, 0.3) is 5.56 Å². The first-order chi connectivity index (χ1) is 13.1. The first-order valence-electron chi connectivity index (χ1n) is 9.49. The van der Waals surface area contributed by atoms with Gasteiger partial charge in [0, 0.05) is 25.7 Å². The molecule has 0 saturated carbocycles. The summed E-state index contributed by atoms with van der Waals surface area (Å²) >= 11 is 0. The minimum atomic E-state index is -0.291. The fraction of sp³-hybridized carbons (Fsp3) is 0.450. The molecular weight excluding hydrogens is 347 g/mol. The minimum Gasteiger partial charge on any atom is -0.370 e. The first-order valence-corrected chi connectivity index (χ1v) is 9.49. The molecule has 0 spiro atoms. The van der Waals surface area contributed by atoms with Crippen molar-refractivity contribution in [2.75, 3.05) is 24.5 Å². The zero-order chi connectivity index (χ0) is 18.8. The van der Waals surface area contributed by atoms with Crippen molar-refractivity contribution in [3.05, 3.63) is 58.3 Å². The molecule has 142 valence electrons. The summed E-state index contributed by atoms with van der Waals surface area (Å²) in [5.74, 6) is -0.434. The van der Waals surface area contributed by atoms with E-state index in [1.54, 1.807) is 29.3 Å². The molecule has 7 heteroatoms. The molecule has 2 saturated heterocycles. The number of hydrogen-bond donors (Lipinski definition) is 0. The number of carbonyl (C=O) groups is 1. The van der Waals surface area contributed by atoms with Gasteiger partial charge in [0.2, 0.25) is 5.91 Å². The van der Waals surface area contributed by atoms with Gasteiger partial charge in [-0.25, -0.2) is 9.07 Å². The summed E-state index contributed by atoms with van der Waals surface area (Å²) in [5, 5.41) is 4.21. The molecule has 1 aromatic carbocycles. The van der Waals surface area contributed by atoms with E-state index in [9.17, 15) is 14.0 Å². The molecule has 6 nitrogen and oxygen atoms in total. The zero-order valence-electron chi connectivity index (χ0n) is 15.2. The van der Waals surface area contributed by atoms with Crippen LogP contribution in [0.5, 0.6) is 0 Å². The van der Waals surface area contributed by atoms with Crippen LogP contribution in [0.2, 0.25) is 0 Å². The molecule has 0 radical (unpaired) electrons. The summed E-state index contributed by atoms with van der Waals surface area (Å²) in [6.07, 6.45) is 5.99. The van der Waals surface area contributed by atoms with Gasteiger partial charge < -0.3 is 9.80 Å². The van der Waals surface area contributed by atoms with Gasteiger partial charge in [-0.15, -0.1) is 0 Å². The quantitative estimate of drug-likeness (QED) is 0.829. The van der Waals surface area contributed by atoms with Crippen molar-refractivity contribution in [1.82, 2.24) is 14.7 Å². The van der Waals surface area contributed by atoms with Crippen molar-refractivity contribution in [2.45, 2.75) is 38.3 Å². The number of halogens is 1. The van der Waals surface area contributed by atoms with E-state index < -0.39 is 0 Å². The highest BCUT2D eigenvalue weighted by Gasteiger charge is 2.33. The lowest BCUT2D eigenvalue weighted by molar-refractivity contribution is -0.140. The van der Waals surface area contributed by atoms with Crippen LogP contribution in [0.15, 0.2) is 41.3 Å². The monoisotopic (exact) mass is 370 g/mol. The maximum Gasteiger partial charge on any atom is 0.269 e. The van der Waals surface area contributed by atoms with Crippen LogP contribution in [-0.4, -0.2) is 40.2 Å². The number of piperidine rings is 1. The molecule has 4 rings (SSSR count). The molecule has 0 aliphatic carbocycles. The van der Waals surface area contributed by atoms with Gasteiger partial charge in [0.1, 0.15) is 12.4 Å². The lowest BCUT2D eigenvalue weighted by Gasteiger charge is -2.41. The van der Waals surface area contributed by atoms with E-state index in [0.29, 0.717) is 6.54 Å². The number of rotatable bonds is 4. The average Bonchev–Trinajstić information content (AvgIpc) is 2.65. The Morgan fingerprint density at radius 1 is 1.11 bits per heavy atom. The zero-order valence-corrected chi connectivity index (χ0v) is 15.2. The number of likely N-dealkylation sites (tertiary alicyclic amines) is 1. The fourth-order valence-corrected chi connectivity index (χ4v) is 3.80. The number of hydrogen-bond acceptors (Lipinski definition) is 4. The standard InChI is InChI=1S/C20H23FN4O2/c21-16-6-4-15(5-7-16)18-8-11-24(18)20(27)14-25-19(26)12-17(13-22-25)23-9-2-1-3-10-23/h4-7,12-13,18H,1-3,8-11,14H2/t18-/m1/s1. The van der Waals surface area contributed by atoms with E-state index >= 15 is 0 Å². The van der Waals surface area contributed by atoms with Crippen molar-refractivity contribution >= 4 is 11.6 Å². The van der Waals surface area contributed by atoms with Crippen molar-refractivity contribution in [2.24, 2.45) is 0 Å². The third-order valence-electron chi connectivity index (χ3n) is 5.46. The van der Waals surface area contributed by atoms with Crippen LogP contribution < -0.4 is 10.5 Å². The first kappa shape index (κ1) is 17.7. The Morgan fingerprint density at radius 3 is 2.48 bits per heavy atom. The molecule has 3 heterocycles. The number of aromatic nitrogens is 2. The summed E-state index contributed by atoms with van der Waals surface area (Å²) in [6.45, 7) is 2.45. The van der Waals surface area contributed by atoms with E-state index in [0.717, 1.165) is 43.6 Å². The molecular formula is C20H23FN4O2. The highest BCUT2D eigenvalue weighted by atomic mass is 19.1. The van der Waals surface area contributed by atoms with Crippen LogP contribution in [0.1, 0.15) is 37.3 Å². The van der Waals surface area contributed by atoms with Crippen LogP contribution in [0.3, 0.4) is 0 Å². The molecule has 0 unspecified atom stereocenters. The SMILES string of the molecule is O=C(Cn1ncc(N2CCCCC2)cc1=O)N1CC[C@@H]1c1ccc(F)cc1. The Morgan fingerprint density at radius 2 is 1.85 bits per heavy atom. The molecule has 0 bridgehead atoms. The second kappa shape index (κ2) is 7.50. The van der Waals surface area contributed by atoms with Crippen LogP contribution in [0, 0.1) is 5.82 Å². The maximum absolute atomic E-state index is 13.1. The molecule has 27 heavy (non-hydrogen) atoms. The van der Waals surface area contributed by atoms with Crippen molar-refractivity contribution < 1.29 is 9.18 Å². The van der Waals surface area contributed by atoms with E-state index in [-0.39, 0.29) is 29.9 Å². The van der Waals surface area contributed by atoms with Gasteiger partial charge in [0.15, 0.2) is 0 Å². The van der Waals surface area contributed by atoms with Crippen molar-refractivity contribution in [3.63, 3.8) is 0 Å². The Bertz CT molecular complexity index is 874. The largest absolute Gasteiger partial charge is 0.370 e. The number of amides is 1. The van der Waals surface area contributed by atoms with E-state index in [4.69, 9.17) is 0 Å². The minimum absolute atomic E-state index is 0.0542. The van der Waals surface area contributed by atoms with E-state index in [2.05, 4.69) is 10.00 Å². The van der Waals surface area contributed by atoms with Crippen LogP contribution >= 0.6 is 0 Å². The van der Waals surface area contributed by atoms with Gasteiger partial charge in [0.05, 0.1) is 17.9 Å². The second-order valence-corrected chi connectivity index (χ2v) is 7.20. The summed E-state index contributed by atoms with van der Waals surface area (Å²) in [5.41, 5.74) is 1.48. The van der Waals surface area contributed by atoms with Crippen LogP contribution in [-0.2, 0) is 11.3 Å². The topological polar surface area (TPSA) is 58.4 Å². The molecule has 2 aliphatic heterocycles. The van der Waals surface area contributed by atoms with Gasteiger partial charge >= 0.3 is 0 Å². The molecule has 2 aromatic rings. The van der Waals surface area contributed by atoms with Gasteiger partial charge in [-0.1, -0.05) is 12.1 Å². The van der Waals surface area contributed by atoms with E-state index in [1.807, 2.05) is 0 Å². The summed E-state index contributed by atoms with van der Waals surface area (Å²) < 4.78 is 14.3. The van der Waals surface area contributed by atoms with Crippen molar-refractivity contribution in [1.29, 1.82) is 0 Å². The summed E-state index contributed by atoms with van der Waals surface area (Å²) in [6, 6.07) is 7.73. The molecule has 1 amide bonds. The number of carbonyl (C=O) groups excluding carboxylic acids is 1. The van der Waals surface area contributed by atoms with Gasteiger partial charge in [-0.2, -0.15) is 5.10 Å². The Balaban J connectivity index is 1.43. The Hall–Kier alpha value is -2.70. The predicted octanol–water partition coefficient (Wildman–Crippen LogP) is 2.35. The number of anilines is 1. The van der Waals surface area contributed by atoms with Gasteiger partial charge in [-0.3, -0.25) is 9.59 Å². The normalized spacial score (nSPS) is 19.7. The third-order valence-corrected chi connectivity index (χ3v) is 5.46. The highest BCUT2D eigenvalue weighted by molar-refractivity contribution is 5.77. The van der Waals surface area contributed by atoms with Gasteiger partial charge in [-0.05, 0) is 43.4 Å². The Labute approximate surface area is 157 Å². The molecule has 1 aromatic heterocycles. The van der Waals surface area contributed by atoms with Crippen LogP contribution in [0.25, 0.3) is 0 Å².